The Kier molecular flexibility index (Phi) is 5.38. The van der Waals surface area contributed by atoms with Gasteiger partial charge in [0.2, 0.25) is 0 Å². The Bertz CT molecular complexity index is 1200. The molecule has 5 rings (SSSR count). The number of hydrogen-bond donors (Lipinski definition) is 1. The molecule has 3 heterocycles. The number of para-hydroxylation sites is 2. The van der Waals surface area contributed by atoms with E-state index in [-0.39, 0.29) is 17.8 Å². The minimum absolute atomic E-state index is 0.0153. The number of hydrogen-bond acceptors (Lipinski definition) is 5. The number of aromatic nitrogens is 6. The predicted octanol–water partition coefficient (Wildman–Crippen LogP) is 3.15. The van der Waals surface area contributed by atoms with Crippen LogP contribution in [-0.4, -0.2) is 47.7 Å². The molecule has 0 bridgehead atoms. The van der Waals surface area contributed by atoms with Crippen LogP contribution in [0.2, 0.25) is 0 Å². The van der Waals surface area contributed by atoms with Gasteiger partial charge in [0.15, 0.2) is 5.82 Å². The lowest BCUT2D eigenvalue weighted by Gasteiger charge is -2.36. The van der Waals surface area contributed by atoms with E-state index in [2.05, 4.69) is 44.5 Å². The van der Waals surface area contributed by atoms with Crippen LogP contribution in [0.25, 0.3) is 11.0 Å². The quantitative estimate of drug-likeness (QED) is 0.521. The van der Waals surface area contributed by atoms with Gasteiger partial charge < -0.3 is 4.98 Å². The number of nitrogens with one attached hydrogen (secondary N) is 1. The second-order valence-electron chi connectivity index (χ2n) is 8.19. The van der Waals surface area contributed by atoms with E-state index in [4.69, 9.17) is 0 Å². The van der Waals surface area contributed by atoms with E-state index < -0.39 is 0 Å². The number of likely N-dealkylation sites (tertiary alicyclic amines) is 1. The first-order valence-electron chi connectivity index (χ1n) is 11.0. The molecule has 1 atom stereocenters. The molecule has 8 nitrogen and oxygen atoms in total. The van der Waals surface area contributed by atoms with Gasteiger partial charge in [-0.2, -0.15) is 0 Å². The molecule has 0 saturated carbocycles. The third-order valence-electron chi connectivity index (χ3n) is 6.35. The number of fused-ring (bicyclic) bond motifs is 1. The lowest BCUT2D eigenvalue weighted by molar-refractivity contribution is 0.123. The van der Waals surface area contributed by atoms with Gasteiger partial charge in [-0.1, -0.05) is 49.4 Å². The van der Waals surface area contributed by atoms with E-state index in [0.717, 1.165) is 49.2 Å². The average molecular weight is 418 g/mol. The Labute approximate surface area is 180 Å². The summed E-state index contributed by atoms with van der Waals surface area (Å²) in [5.74, 6) is 0.911. The molecule has 1 unspecified atom stereocenters. The van der Waals surface area contributed by atoms with Gasteiger partial charge in [0, 0.05) is 19.1 Å². The van der Waals surface area contributed by atoms with Crippen LogP contribution in [0, 0.1) is 0 Å². The smallest absolute Gasteiger partial charge is 0.306 e. The van der Waals surface area contributed by atoms with E-state index in [1.165, 1.54) is 5.56 Å². The van der Waals surface area contributed by atoms with E-state index in [1.54, 1.807) is 0 Å². The SMILES string of the molecule is CCC(c1nnnn1Cc1ccccc1)N1CCC(n2c(=O)[nH]c3ccccc32)CC1. The number of benzene rings is 2. The number of H-pyrrole nitrogens is 1. The van der Waals surface area contributed by atoms with Crippen LogP contribution in [0.1, 0.15) is 49.7 Å². The summed E-state index contributed by atoms with van der Waals surface area (Å²) in [5, 5.41) is 12.6. The highest BCUT2D eigenvalue weighted by Gasteiger charge is 2.30. The number of aromatic amines is 1. The molecule has 31 heavy (non-hydrogen) atoms. The van der Waals surface area contributed by atoms with Crippen LogP contribution in [0.15, 0.2) is 59.4 Å². The van der Waals surface area contributed by atoms with Gasteiger partial charge in [0.05, 0.1) is 23.6 Å². The summed E-state index contributed by atoms with van der Waals surface area (Å²) >= 11 is 0. The van der Waals surface area contributed by atoms with E-state index in [1.807, 2.05) is 51.7 Å². The highest BCUT2D eigenvalue weighted by atomic mass is 16.1. The highest BCUT2D eigenvalue weighted by molar-refractivity contribution is 5.75. The Balaban J connectivity index is 1.32. The zero-order valence-corrected chi connectivity index (χ0v) is 17.7. The molecule has 1 N–H and O–H groups in total. The monoisotopic (exact) mass is 417 g/mol. The van der Waals surface area contributed by atoms with E-state index in [9.17, 15) is 4.79 Å². The van der Waals surface area contributed by atoms with Crippen molar-refractivity contribution in [3.8, 4) is 0 Å². The van der Waals surface area contributed by atoms with Gasteiger partial charge in [-0.15, -0.1) is 5.10 Å². The fourth-order valence-electron chi connectivity index (χ4n) is 4.82. The van der Waals surface area contributed by atoms with Gasteiger partial charge in [-0.05, 0) is 47.4 Å². The molecule has 1 fully saturated rings. The molecular formula is C23H27N7O. The summed E-state index contributed by atoms with van der Waals surface area (Å²) in [6.07, 6.45) is 2.80. The average Bonchev–Trinajstić information content (AvgIpc) is 3.39. The second kappa shape index (κ2) is 8.47. The van der Waals surface area contributed by atoms with Crippen LogP contribution in [-0.2, 0) is 6.54 Å². The largest absolute Gasteiger partial charge is 0.326 e. The van der Waals surface area contributed by atoms with Crippen LogP contribution in [0.3, 0.4) is 0 Å². The Hall–Kier alpha value is -3.26. The van der Waals surface area contributed by atoms with Crippen molar-refractivity contribution in [1.29, 1.82) is 0 Å². The number of tetrazole rings is 1. The molecule has 0 amide bonds. The zero-order chi connectivity index (χ0) is 21.2. The standard InChI is InChI=1S/C23H27N7O/c1-2-20(22-25-26-27-29(22)16-17-8-4-3-5-9-17)28-14-12-18(13-15-28)30-21-11-7-6-10-19(21)24-23(30)31/h3-11,18,20H,2,12-16H2,1H3,(H,24,31). The Morgan fingerprint density at radius 1 is 1.06 bits per heavy atom. The molecule has 2 aromatic heterocycles. The summed E-state index contributed by atoms with van der Waals surface area (Å²) in [5.41, 5.74) is 3.06. The zero-order valence-electron chi connectivity index (χ0n) is 17.7. The number of rotatable bonds is 6. The molecule has 2 aromatic carbocycles. The molecular weight excluding hydrogens is 390 g/mol. The molecule has 1 aliphatic heterocycles. The number of piperidine rings is 1. The van der Waals surface area contributed by atoms with Gasteiger partial charge in [0.1, 0.15) is 0 Å². The van der Waals surface area contributed by atoms with Gasteiger partial charge in [-0.3, -0.25) is 9.47 Å². The molecule has 1 aliphatic rings. The lowest BCUT2D eigenvalue weighted by Crippen LogP contribution is -2.40. The van der Waals surface area contributed by atoms with Crippen molar-refractivity contribution in [1.82, 2.24) is 34.7 Å². The molecule has 0 aliphatic carbocycles. The van der Waals surface area contributed by atoms with Crippen molar-refractivity contribution >= 4 is 11.0 Å². The van der Waals surface area contributed by atoms with Crippen molar-refractivity contribution in [2.45, 2.75) is 44.8 Å². The first-order valence-corrected chi connectivity index (χ1v) is 11.0. The predicted molar refractivity (Wildman–Crippen MR) is 119 cm³/mol. The van der Waals surface area contributed by atoms with Crippen LogP contribution >= 0.6 is 0 Å². The van der Waals surface area contributed by atoms with E-state index in [0.29, 0.717) is 6.54 Å². The first kappa shape index (κ1) is 19.7. The maximum absolute atomic E-state index is 12.6. The number of nitrogens with zero attached hydrogens (tertiary/aromatic N) is 6. The van der Waals surface area contributed by atoms with E-state index >= 15 is 0 Å². The lowest BCUT2D eigenvalue weighted by atomic mass is 10.0. The Morgan fingerprint density at radius 2 is 1.81 bits per heavy atom. The summed E-state index contributed by atoms with van der Waals surface area (Å²) in [4.78, 5) is 18.0. The third kappa shape index (κ3) is 3.79. The highest BCUT2D eigenvalue weighted by Crippen LogP contribution is 2.31. The molecule has 8 heteroatoms. The molecule has 0 radical (unpaired) electrons. The van der Waals surface area contributed by atoms with Crippen LogP contribution in [0.4, 0.5) is 0 Å². The molecule has 4 aromatic rings. The van der Waals surface area contributed by atoms with Gasteiger partial charge >= 0.3 is 5.69 Å². The summed E-state index contributed by atoms with van der Waals surface area (Å²) in [7, 11) is 0. The fraction of sp³-hybridized carbons (Fsp3) is 0.391. The Morgan fingerprint density at radius 3 is 2.58 bits per heavy atom. The maximum Gasteiger partial charge on any atom is 0.326 e. The number of imidazole rings is 1. The fourth-order valence-corrected chi connectivity index (χ4v) is 4.82. The summed E-state index contributed by atoms with van der Waals surface area (Å²) in [6.45, 7) is 4.67. The van der Waals surface area contributed by atoms with Crippen molar-refractivity contribution in [3.63, 3.8) is 0 Å². The van der Waals surface area contributed by atoms with Crippen molar-refractivity contribution in [2.75, 3.05) is 13.1 Å². The van der Waals surface area contributed by atoms with Crippen molar-refractivity contribution in [3.05, 3.63) is 76.5 Å². The summed E-state index contributed by atoms with van der Waals surface area (Å²) in [6, 6.07) is 18.6. The van der Waals surface area contributed by atoms with Crippen LogP contribution in [0.5, 0.6) is 0 Å². The van der Waals surface area contributed by atoms with Gasteiger partial charge in [-0.25, -0.2) is 9.48 Å². The molecule has 0 spiro atoms. The third-order valence-corrected chi connectivity index (χ3v) is 6.35. The van der Waals surface area contributed by atoms with Crippen molar-refractivity contribution in [2.24, 2.45) is 0 Å². The second-order valence-corrected chi connectivity index (χ2v) is 8.19. The topological polar surface area (TPSA) is 84.6 Å². The minimum Gasteiger partial charge on any atom is -0.306 e. The molecule has 160 valence electrons. The normalized spacial score (nSPS) is 16.7. The maximum atomic E-state index is 12.6. The molecule has 1 saturated heterocycles. The first-order chi connectivity index (χ1) is 15.2. The van der Waals surface area contributed by atoms with Gasteiger partial charge in [0.25, 0.3) is 0 Å². The summed E-state index contributed by atoms with van der Waals surface area (Å²) < 4.78 is 3.85. The minimum atomic E-state index is -0.0153. The van der Waals surface area contributed by atoms with Crippen LogP contribution < -0.4 is 5.69 Å². The van der Waals surface area contributed by atoms with Crippen molar-refractivity contribution < 1.29 is 0 Å².